The Balaban J connectivity index is 1.66. The topological polar surface area (TPSA) is 197 Å². The largest absolute Gasteiger partial charge is 0.460 e. The van der Waals surface area contributed by atoms with Gasteiger partial charge in [-0.3, -0.25) is 0 Å². The molecule has 16 nitrogen and oxygen atoms in total. The Kier molecular flexibility index (Phi) is 18.5. The fourth-order valence-corrected chi connectivity index (χ4v) is 4.53. The number of esters is 3. The van der Waals surface area contributed by atoms with Crippen LogP contribution in [0, 0.1) is 0 Å². The van der Waals surface area contributed by atoms with Gasteiger partial charge in [-0.05, 0) is 73.9 Å². The van der Waals surface area contributed by atoms with E-state index in [1.165, 1.54) is 20.8 Å². The van der Waals surface area contributed by atoms with Crippen LogP contribution in [0.3, 0.4) is 0 Å². The second-order valence-electron chi connectivity index (χ2n) is 12.6. The van der Waals surface area contributed by atoms with Gasteiger partial charge in [0.15, 0.2) is 0 Å². The van der Waals surface area contributed by atoms with Crippen molar-refractivity contribution in [2.45, 2.75) is 40.6 Å². The molecule has 0 atom stereocenters. The van der Waals surface area contributed by atoms with Gasteiger partial charge in [0, 0.05) is 33.8 Å². The number of hydrogen-bond acceptors (Lipinski definition) is 13. The van der Waals surface area contributed by atoms with E-state index in [1.54, 1.807) is 0 Å². The Bertz CT molecular complexity index is 1700. The molecular formula is C42H48N4O12. The minimum Gasteiger partial charge on any atom is -0.460 e. The predicted molar refractivity (Wildman–Crippen MR) is 213 cm³/mol. The molecule has 3 amide bonds. The molecule has 3 rings (SSSR count). The maximum absolute atomic E-state index is 12.2. The van der Waals surface area contributed by atoms with Crippen molar-refractivity contribution < 1.29 is 57.2 Å². The molecule has 3 aromatic rings. The standard InChI is InChI=1S/C42H48N4O12/c1-28(2)37(47)53-22-19-43-40(50)56-25-31-7-13-34(14-8-31)46(35-15-9-32(10-16-35)26-57-41(51)44-20-23-54-38(48)29(3)4)36-17-11-33(12-18-36)27-58-42(52)45-21-24-55-39(49)30(5)6/h7-18H,1,3,5,19-27H2,2,4,6H3,(H,43,50)(H,44,51)(H,45,52). The van der Waals surface area contributed by atoms with E-state index in [0.717, 1.165) is 17.1 Å². The zero-order chi connectivity index (χ0) is 42.5. The number of carbonyl (C=O) groups excluding carboxylic acids is 6. The lowest BCUT2D eigenvalue weighted by molar-refractivity contribution is -0.139. The maximum Gasteiger partial charge on any atom is 0.407 e. The maximum atomic E-state index is 12.2. The van der Waals surface area contributed by atoms with Gasteiger partial charge in [-0.15, -0.1) is 0 Å². The van der Waals surface area contributed by atoms with Crippen LogP contribution in [-0.4, -0.2) is 75.6 Å². The van der Waals surface area contributed by atoms with Gasteiger partial charge in [-0.25, -0.2) is 28.8 Å². The monoisotopic (exact) mass is 800 g/mol. The number of hydrogen-bond donors (Lipinski definition) is 3. The predicted octanol–water partition coefficient (Wildman–Crippen LogP) is 6.19. The first-order chi connectivity index (χ1) is 27.7. The summed E-state index contributed by atoms with van der Waals surface area (Å²) < 4.78 is 30.8. The molecular weight excluding hydrogens is 752 g/mol. The zero-order valence-corrected chi connectivity index (χ0v) is 32.8. The van der Waals surface area contributed by atoms with Crippen molar-refractivity contribution in [3.63, 3.8) is 0 Å². The van der Waals surface area contributed by atoms with E-state index in [0.29, 0.717) is 16.7 Å². The molecule has 0 aliphatic rings. The minimum absolute atomic E-state index is 0.0124. The fourth-order valence-electron chi connectivity index (χ4n) is 4.53. The normalized spacial score (nSPS) is 10.2. The van der Waals surface area contributed by atoms with Crippen molar-refractivity contribution in [1.29, 1.82) is 0 Å². The molecule has 0 saturated heterocycles. The van der Waals surface area contributed by atoms with Crippen molar-refractivity contribution in [3.8, 4) is 0 Å². The average molecular weight is 801 g/mol. The highest BCUT2D eigenvalue weighted by Gasteiger charge is 2.15. The fraction of sp³-hybridized carbons (Fsp3) is 0.286. The molecule has 0 bridgehead atoms. The van der Waals surface area contributed by atoms with Crippen LogP contribution in [0.25, 0.3) is 0 Å². The average Bonchev–Trinajstić information content (AvgIpc) is 3.21. The van der Waals surface area contributed by atoms with Crippen LogP contribution in [0.4, 0.5) is 31.4 Å². The van der Waals surface area contributed by atoms with E-state index in [9.17, 15) is 28.8 Å². The Morgan fingerprint density at radius 3 is 0.897 bits per heavy atom. The lowest BCUT2D eigenvalue weighted by Crippen LogP contribution is -2.28. The highest BCUT2D eigenvalue weighted by Crippen LogP contribution is 2.35. The van der Waals surface area contributed by atoms with Crippen LogP contribution in [0.1, 0.15) is 37.5 Å². The molecule has 0 unspecified atom stereocenters. The summed E-state index contributed by atoms with van der Waals surface area (Å²) in [5, 5.41) is 7.56. The summed E-state index contributed by atoms with van der Waals surface area (Å²) in [6, 6.07) is 22.0. The number of ether oxygens (including phenoxy) is 6. The molecule has 0 saturated carbocycles. The number of nitrogens with one attached hydrogen (secondary N) is 3. The zero-order valence-electron chi connectivity index (χ0n) is 32.8. The molecule has 308 valence electrons. The molecule has 3 aromatic carbocycles. The van der Waals surface area contributed by atoms with Crippen LogP contribution in [0.15, 0.2) is 109 Å². The highest BCUT2D eigenvalue weighted by molar-refractivity contribution is 5.87. The highest BCUT2D eigenvalue weighted by atomic mass is 16.6. The summed E-state index contributed by atoms with van der Waals surface area (Å²) >= 11 is 0. The molecule has 58 heavy (non-hydrogen) atoms. The summed E-state index contributed by atoms with van der Waals surface area (Å²) in [5.41, 5.74) is 5.21. The van der Waals surface area contributed by atoms with Crippen LogP contribution in [0.5, 0.6) is 0 Å². The van der Waals surface area contributed by atoms with Crippen molar-refractivity contribution in [3.05, 3.63) is 126 Å². The van der Waals surface area contributed by atoms with E-state index >= 15 is 0 Å². The summed E-state index contributed by atoms with van der Waals surface area (Å²) in [7, 11) is 0. The summed E-state index contributed by atoms with van der Waals surface area (Å²) in [5.74, 6) is -1.64. The van der Waals surface area contributed by atoms with Crippen LogP contribution < -0.4 is 20.9 Å². The van der Waals surface area contributed by atoms with E-state index in [-0.39, 0.29) is 76.0 Å². The van der Waals surface area contributed by atoms with Gasteiger partial charge in [0.1, 0.15) is 39.6 Å². The summed E-state index contributed by atoms with van der Waals surface area (Å²) in [4.78, 5) is 72.9. The van der Waals surface area contributed by atoms with Crippen molar-refractivity contribution >= 4 is 53.2 Å². The Morgan fingerprint density at radius 2 is 0.672 bits per heavy atom. The third kappa shape index (κ3) is 16.3. The number of nitrogens with zero attached hydrogens (tertiary/aromatic N) is 1. The Hall–Kier alpha value is -7.10. The Labute approximate surface area is 336 Å². The van der Waals surface area contributed by atoms with Gasteiger partial charge >= 0.3 is 36.2 Å². The second-order valence-corrected chi connectivity index (χ2v) is 12.6. The number of alkyl carbamates (subject to hydrolysis) is 3. The summed E-state index contributed by atoms with van der Waals surface area (Å²) in [6.07, 6.45) is -2.02. The third-order valence-corrected chi connectivity index (χ3v) is 7.55. The first-order valence-electron chi connectivity index (χ1n) is 18.0. The van der Waals surface area contributed by atoms with E-state index < -0.39 is 36.2 Å². The quantitative estimate of drug-likeness (QED) is 0.0478. The minimum atomic E-state index is -0.673. The van der Waals surface area contributed by atoms with Crippen molar-refractivity contribution in [2.75, 3.05) is 44.4 Å². The van der Waals surface area contributed by atoms with Crippen LogP contribution in [-0.2, 0) is 62.6 Å². The number of amides is 3. The second kappa shape index (κ2) is 23.7. The van der Waals surface area contributed by atoms with Gasteiger partial charge < -0.3 is 49.3 Å². The SMILES string of the molecule is C=C(C)C(=O)OCCNC(=O)OCc1ccc(N(c2ccc(COC(=O)NCCOC(=O)C(=C)C)cc2)c2ccc(COC(=O)NCCOC(=O)C(=C)C)cc2)cc1. The smallest absolute Gasteiger partial charge is 0.407 e. The van der Waals surface area contributed by atoms with Crippen LogP contribution in [0.2, 0.25) is 0 Å². The van der Waals surface area contributed by atoms with Crippen molar-refractivity contribution in [2.24, 2.45) is 0 Å². The van der Waals surface area contributed by atoms with E-state index in [2.05, 4.69) is 35.7 Å². The molecule has 0 spiro atoms. The number of benzene rings is 3. The first kappa shape index (κ1) is 45.3. The molecule has 0 radical (unpaired) electrons. The first-order valence-corrected chi connectivity index (χ1v) is 18.0. The van der Waals surface area contributed by atoms with E-state index in [4.69, 9.17) is 28.4 Å². The molecule has 3 N–H and O–H groups in total. The van der Waals surface area contributed by atoms with Gasteiger partial charge in [0.05, 0.1) is 19.6 Å². The summed E-state index contributed by atoms with van der Waals surface area (Å²) in [6.45, 7) is 15.2. The van der Waals surface area contributed by atoms with Crippen LogP contribution >= 0.6 is 0 Å². The van der Waals surface area contributed by atoms with Gasteiger partial charge in [0.2, 0.25) is 0 Å². The molecule has 0 fully saturated rings. The molecule has 0 aliphatic carbocycles. The van der Waals surface area contributed by atoms with Gasteiger partial charge in [-0.2, -0.15) is 0 Å². The molecule has 0 aromatic heterocycles. The van der Waals surface area contributed by atoms with E-state index in [1.807, 2.05) is 77.7 Å². The van der Waals surface area contributed by atoms with Gasteiger partial charge in [0.25, 0.3) is 0 Å². The lowest BCUT2D eigenvalue weighted by Gasteiger charge is -2.26. The molecule has 16 heteroatoms. The number of anilines is 3. The Morgan fingerprint density at radius 1 is 0.431 bits per heavy atom. The van der Waals surface area contributed by atoms with Gasteiger partial charge in [-0.1, -0.05) is 56.1 Å². The number of rotatable bonds is 21. The molecule has 0 heterocycles. The third-order valence-electron chi connectivity index (χ3n) is 7.55. The van der Waals surface area contributed by atoms with Crippen molar-refractivity contribution in [1.82, 2.24) is 16.0 Å². The molecule has 0 aliphatic heterocycles. The number of carbonyl (C=O) groups is 6. The lowest BCUT2D eigenvalue weighted by atomic mass is 10.1.